The Morgan fingerprint density at radius 3 is 2.27 bits per heavy atom. The van der Waals surface area contributed by atoms with Crippen LogP contribution in [-0.4, -0.2) is 47.0 Å². The number of benzene rings is 1. The molecule has 0 bridgehead atoms. The molecule has 0 aliphatic heterocycles. The molecule has 0 aliphatic rings. The topological polar surface area (TPSA) is 128 Å². The van der Waals surface area contributed by atoms with Crippen LogP contribution < -0.4 is 10.6 Å². The van der Waals surface area contributed by atoms with Crippen molar-refractivity contribution < 1.29 is 29.6 Å². The predicted octanol–water partition coefficient (Wildman–Crippen LogP) is 1.06. The van der Waals surface area contributed by atoms with E-state index in [9.17, 15) is 24.9 Å². The third-order valence-electron chi connectivity index (χ3n) is 2.74. The lowest BCUT2D eigenvalue weighted by molar-refractivity contribution is 0.0951. The molecule has 22 heavy (non-hydrogen) atoms. The molecule has 0 aromatic heterocycles. The van der Waals surface area contributed by atoms with Crippen molar-refractivity contribution in [2.24, 2.45) is 0 Å². The lowest BCUT2D eigenvalue weighted by Crippen LogP contribution is -2.35. The Bertz CT molecular complexity index is 509. The summed E-state index contributed by atoms with van der Waals surface area (Å²) >= 11 is 0. The Labute approximate surface area is 127 Å². The number of phenols is 3. The van der Waals surface area contributed by atoms with E-state index in [0.717, 1.165) is 25.0 Å². The van der Waals surface area contributed by atoms with Gasteiger partial charge in [-0.25, -0.2) is 4.79 Å². The number of nitrogens with one attached hydrogen (secondary N) is 2. The minimum Gasteiger partial charge on any atom is -0.504 e. The van der Waals surface area contributed by atoms with Gasteiger partial charge in [0.25, 0.3) is 5.91 Å². The minimum absolute atomic E-state index is 0.0154. The number of hydrogen-bond donors (Lipinski definition) is 5. The SMILES string of the molecule is CCCCOC(=O)NCCNC(=O)c1cc(O)c(O)c(O)c1. The number of carbonyl (C=O) groups is 2. The van der Waals surface area contributed by atoms with E-state index in [4.69, 9.17) is 4.74 Å². The van der Waals surface area contributed by atoms with Gasteiger partial charge in [0.1, 0.15) is 0 Å². The van der Waals surface area contributed by atoms with E-state index in [2.05, 4.69) is 10.6 Å². The highest BCUT2D eigenvalue weighted by molar-refractivity contribution is 5.95. The number of hydrogen-bond acceptors (Lipinski definition) is 6. The van der Waals surface area contributed by atoms with Crippen LogP contribution in [0.4, 0.5) is 4.79 Å². The summed E-state index contributed by atoms with van der Waals surface area (Å²) in [7, 11) is 0. The highest BCUT2D eigenvalue weighted by Gasteiger charge is 2.13. The molecule has 8 heteroatoms. The molecule has 1 aromatic rings. The van der Waals surface area contributed by atoms with E-state index >= 15 is 0 Å². The maximum Gasteiger partial charge on any atom is 0.407 e. The Morgan fingerprint density at radius 2 is 1.68 bits per heavy atom. The van der Waals surface area contributed by atoms with Gasteiger partial charge in [0.05, 0.1) is 6.61 Å². The van der Waals surface area contributed by atoms with Crippen LogP contribution in [0, 0.1) is 0 Å². The van der Waals surface area contributed by atoms with Crippen LogP contribution in [0.2, 0.25) is 0 Å². The molecule has 0 saturated carbocycles. The monoisotopic (exact) mass is 312 g/mol. The van der Waals surface area contributed by atoms with Gasteiger partial charge in [-0.05, 0) is 18.6 Å². The molecule has 2 amide bonds. The quantitative estimate of drug-likeness (QED) is 0.378. The van der Waals surface area contributed by atoms with Crippen LogP contribution in [0.3, 0.4) is 0 Å². The van der Waals surface area contributed by atoms with Crippen LogP contribution in [-0.2, 0) is 4.74 Å². The molecule has 0 aliphatic carbocycles. The van der Waals surface area contributed by atoms with Crippen molar-refractivity contribution in [2.75, 3.05) is 19.7 Å². The lowest BCUT2D eigenvalue weighted by atomic mass is 10.1. The molecule has 122 valence electrons. The molecular weight excluding hydrogens is 292 g/mol. The molecule has 0 atom stereocenters. The molecule has 1 aromatic carbocycles. The summed E-state index contributed by atoms with van der Waals surface area (Å²) in [4.78, 5) is 23.0. The van der Waals surface area contributed by atoms with Gasteiger partial charge in [-0.3, -0.25) is 4.79 Å². The van der Waals surface area contributed by atoms with Gasteiger partial charge in [-0.15, -0.1) is 0 Å². The van der Waals surface area contributed by atoms with Crippen molar-refractivity contribution in [2.45, 2.75) is 19.8 Å². The van der Waals surface area contributed by atoms with Gasteiger partial charge in [-0.2, -0.15) is 0 Å². The second-order valence-electron chi connectivity index (χ2n) is 4.54. The van der Waals surface area contributed by atoms with Gasteiger partial charge in [0, 0.05) is 18.7 Å². The van der Waals surface area contributed by atoms with Crippen molar-refractivity contribution in [1.29, 1.82) is 0 Å². The first-order valence-electron chi connectivity index (χ1n) is 6.89. The zero-order valence-electron chi connectivity index (χ0n) is 12.3. The Hall–Kier alpha value is -2.64. The number of amides is 2. The van der Waals surface area contributed by atoms with Gasteiger partial charge < -0.3 is 30.7 Å². The van der Waals surface area contributed by atoms with E-state index in [1.165, 1.54) is 0 Å². The smallest absolute Gasteiger partial charge is 0.407 e. The number of unbranched alkanes of at least 4 members (excludes halogenated alkanes) is 1. The van der Waals surface area contributed by atoms with Crippen LogP contribution in [0.5, 0.6) is 17.2 Å². The van der Waals surface area contributed by atoms with E-state index < -0.39 is 29.2 Å². The molecule has 0 heterocycles. The third-order valence-corrected chi connectivity index (χ3v) is 2.74. The maximum atomic E-state index is 11.8. The second-order valence-corrected chi connectivity index (χ2v) is 4.54. The summed E-state index contributed by atoms with van der Waals surface area (Å²) in [5.41, 5.74) is -0.0154. The molecule has 0 saturated heterocycles. The van der Waals surface area contributed by atoms with Gasteiger partial charge in [0.2, 0.25) is 0 Å². The fourth-order valence-electron chi connectivity index (χ4n) is 1.54. The van der Waals surface area contributed by atoms with Crippen molar-refractivity contribution in [1.82, 2.24) is 10.6 Å². The zero-order valence-corrected chi connectivity index (χ0v) is 12.3. The van der Waals surface area contributed by atoms with E-state index in [1.54, 1.807) is 0 Å². The lowest BCUT2D eigenvalue weighted by Gasteiger charge is -2.09. The number of rotatable bonds is 7. The molecule has 0 spiro atoms. The summed E-state index contributed by atoms with van der Waals surface area (Å²) in [5.74, 6) is -2.44. The summed E-state index contributed by atoms with van der Waals surface area (Å²) in [6, 6.07) is 2.05. The van der Waals surface area contributed by atoms with Gasteiger partial charge in [-0.1, -0.05) is 13.3 Å². The summed E-state index contributed by atoms with van der Waals surface area (Å²) in [6.45, 7) is 2.65. The number of carbonyl (C=O) groups excluding carboxylic acids is 2. The van der Waals surface area contributed by atoms with Crippen molar-refractivity contribution in [3.8, 4) is 17.2 Å². The molecule has 0 unspecified atom stereocenters. The molecule has 0 radical (unpaired) electrons. The Kier molecular flexibility index (Phi) is 6.81. The number of aromatic hydroxyl groups is 3. The van der Waals surface area contributed by atoms with Crippen molar-refractivity contribution >= 4 is 12.0 Å². The van der Waals surface area contributed by atoms with E-state index in [-0.39, 0.29) is 18.7 Å². The predicted molar refractivity (Wildman–Crippen MR) is 78.0 cm³/mol. The highest BCUT2D eigenvalue weighted by atomic mass is 16.5. The van der Waals surface area contributed by atoms with E-state index in [1.807, 2.05) is 6.92 Å². The first-order chi connectivity index (χ1) is 10.5. The fraction of sp³-hybridized carbons (Fsp3) is 0.429. The fourth-order valence-corrected chi connectivity index (χ4v) is 1.54. The first kappa shape index (κ1) is 17.4. The minimum atomic E-state index is -0.687. The van der Waals surface area contributed by atoms with Crippen LogP contribution >= 0.6 is 0 Å². The standard InChI is InChI=1S/C14H20N2O6/c1-2-3-6-22-14(21)16-5-4-15-13(20)9-7-10(17)12(19)11(18)8-9/h7-8,17-19H,2-6H2,1H3,(H,15,20)(H,16,21). The highest BCUT2D eigenvalue weighted by Crippen LogP contribution is 2.35. The largest absolute Gasteiger partial charge is 0.504 e. The van der Waals surface area contributed by atoms with Gasteiger partial charge >= 0.3 is 6.09 Å². The second kappa shape index (κ2) is 8.60. The Morgan fingerprint density at radius 1 is 1.09 bits per heavy atom. The summed E-state index contributed by atoms with van der Waals surface area (Å²) in [5, 5.41) is 32.8. The normalized spacial score (nSPS) is 10.0. The number of phenolic OH excluding ortho intramolecular Hbond substituents is 3. The third kappa shape index (κ3) is 5.39. The van der Waals surface area contributed by atoms with Gasteiger partial charge in [0.15, 0.2) is 17.2 Å². The number of ether oxygens (including phenoxy) is 1. The first-order valence-corrected chi connectivity index (χ1v) is 6.89. The summed E-state index contributed by atoms with van der Waals surface area (Å²) in [6.07, 6.45) is 1.16. The zero-order chi connectivity index (χ0) is 16.5. The molecule has 0 fully saturated rings. The van der Waals surface area contributed by atoms with Crippen LogP contribution in [0.1, 0.15) is 30.1 Å². The Balaban J connectivity index is 2.33. The van der Waals surface area contributed by atoms with E-state index in [0.29, 0.717) is 6.61 Å². The van der Waals surface area contributed by atoms with Crippen LogP contribution in [0.15, 0.2) is 12.1 Å². The average Bonchev–Trinajstić information content (AvgIpc) is 2.48. The molecule has 1 rings (SSSR count). The molecule has 8 nitrogen and oxygen atoms in total. The summed E-state index contributed by atoms with van der Waals surface area (Å²) < 4.78 is 4.86. The maximum absolute atomic E-state index is 11.8. The molecular formula is C14H20N2O6. The van der Waals surface area contributed by atoms with Crippen LogP contribution in [0.25, 0.3) is 0 Å². The molecule has 5 N–H and O–H groups in total. The van der Waals surface area contributed by atoms with Crippen molar-refractivity contribution in [3.63, 3.8) is 0 Å². The number of alkyl carbamates (subject to hydrolysis) is 1. The van der Waals surface area contributed by atoms with Crippen molar-refractivity contribution in [3.05, 3.63) is 17.7 Å². The average molecular weight is 312 g/mol.